The molecule has 2 fully saturated rings. The highest BCUT2D eigenvalue weighted by molar-refractivity contribution is 6.36. The molecule has 15 heteroatoms. The number of fused-ring (bicyclic) bond motifs is 1. The number of anilines is 1. The summed E-state index contributed by atoms with van der Waals surface area (Å²) in [6.45, 7) is 5.68. The molecule has 2 aliphatic heterocycles. The Morgan fingerprint density at radius 2 is 1.65 bits per heavy atom. The molecule has 7 rings (SSSR count). The van der Waals surface area contributed by atoms with Crippen LogP contribution in [0.15, 0.2) is 48.5 Å². The number of β-amino-alcohol motifs (C(OH)–C–C–N with tert-alkyl or cyclic N) is 1. The summed E-state index contributed by atoms with van der Waals surface area (Å²) in [4.78, 5) is 28.7. The fraction of sp³-hybridized carbons (Fsp3) is 0.436. The molecule has 0 saturated carbocycles. The number of aliphatic hydroxyl groups is 1. The summed E-state index contributed by atoms with van der Waals surface area (Å²) in [7, 11) is 2.89. The molecule has 4 aromatic rings. The maximum atomic E-state index is 14.5. The second kappa shape index (κ2) is 14.3. The minimum atomic E-state index is -4.82. The van der Waals surface area contributed by atoms with Crippen molar-refractivity contribution in [3.8, 4) is 34.1 Å². The summed E-state index contributed by atoms with van der Waals surface area (Å²) in [5.74, 6) is -0.979. The molecule has 2 aromatic heterocycles. The number of benzene rings is 2. The molecule has 11 nitrogen and oxygen atoms in total. The monoisotopic (exact) mass is 766 g/mol. The van der Waals surface area contributed by atoms with Crippen LogP contribution in [0.5, 0.6) is 11.8 Å². The molecule has 0 spiro atoms. The van der Waals surface area contributed by atoms with Gasteiger partial charge in [-0.05, 0) is 62.4 Å². The highest BCUT2D eigenvalue weighted by atomic mass is 35.5. The Bertz CT molecular complexity index is 2090. The molecule has 3 N–H and O–H groups in total. The average molecular weight is 767 g/mol. The fourth-order valence-electron chi connectivity index (χ4n) is 7.94. The second-order valence-corrected chi connectivity index (χ2v) is 15.4. The predicted octanol–water partition coefficient (Wildman–Crippen LogP) is 6.86. The van der Waals surface area contributed by atoms with Crippen LogP contribution in [0.2, 0.25) is 5.02 Å². The van der Waals surface area contributed by atoms with Crippen LogP contribution in [0.1, 0.15) is 60.8 Å². The number of alkyl halides is 3. The number of nitrogens with one attached hydrogen (secondary N) is 1. The van der Waals surface area contributed by atoms with E-state index in [2.05, 4.69) is 20.2 Å². The van der Waals surface area contributed by atoms with Crippen LogP contribution in [0.4, 0.5) is 19.0 Å². The standard InChI is InChI=1S/C39H42ClF3N6O5/c1-37(36(50)51)15-16-48(19-37)18-30-35(54-4)47-33(32(44-30)39(41,42)43)45-28-14-12-24-23(7-5-8-25(24)28)26-9-6-10-27(31(26)40)29-13-11-22(34(46-29)53-3)17-49-20-38(2,52)21-49/h5-11,13,28,52H,12,14-21H2,1-4H3,(H,45,47)(H,50,51)/t28-,37+/m0/s1. The Balaban J connectivity index is 1.15. The van der Waals surface area contributed by atoms with Crippen LogP contribution < -0.4 is 14.8 Å². The third kappa shape index (κ3) is 7.31. The summed E-state index contributed by atoms with van der Waals surface area (Å²) in [6, 6.07) is 14.8. The molecule has 54 heavy (non-hydrogen) atoms. The lowest BCUT2D eigenvalue weighted by Gasteiger charge is -2.44. The number of nitrogens with zero attached hydrogens (tertiary/aromatic N) is 5. The van der Waals surface area contributed by atoms with Crippen LogP contribution in [-0.4, -0.2) is 86.9 Å². The minimum absolute atomic E-state index is 0.0132. The number of rotatable bonds is 11. The molecule has 3 aliphatic rings. The molecule has 0 amide bonds. The molecule has 2 aromatic carbocycles. The number of likely N-dealkylation sites (tertiary alicyclic amines) is 2. The zero-order valence-corrected chi connectivity index (χ0v) is 31.2. The highest BCUT2D eigenvalue weighted by Crippen LogP contribution is 2.45. The summed E-state index contributed by atoms with van der Waals surface area (Å²) in [5, 5.41) is 23.3. The minimum Gasteiger partial charge on any atom is -0.481 e. The third-order valence-electron chi connectivity index (χ3n) is 10.6. The van der Waals surface area contributed by atoms with E-state index >= 15 is 0 Å². The van der Waals surface area contributed by atoms with Crippen molar-refractivity contribution in [1.29, 1.82) is 0 Å². The van der Waals surface area contributed by atoms with Crippen molar-refractivity contribution in [2.24, 2.45) is 5.41 Å². The number of aromatic nitrogens is 3. The van der Waals surface area contributed by atoms with Crippen LogP contribution in [0, 0.1) is 5.41 Å². The van der Waals surface area contributed by atoms with E-state index in [1.165, 1.54) is 7.11 Å². The van der Waals surface area contributed by atoms with E-state index in [9.17, 15) is 28.2 Å². The molecule has 0 bridgehead atoms. The van der Waals surface area contributed by atoms with Crippen molar-refractivity contribution in [3.63, 3.8) is 0 Å². The number of pyridine rings is 1. The fourth-order valence-corrected chi connectivity index (χ4v) is 8.27. The van der Waals surface area contributed by atoms with Crippen LogP contribution in [0.25, 0.3) is 22.4 Å². The molecule has 1 aliphatic carbocycles. The first-order valence-corrected chi connectivity index (χ1v) is 18.1. The molecule has 286 valence electrons. The van der Waals surface area contributed by atoms with Crippen molar-refractivity contribution < 1.29 is 37.7 Å². The summed E-state index contributed by atoms with van der Waals surface area (Å²) in [5.41, 5.74) is 2.78. The first kappa shape index (κ1) is 37.8. The van der Waals surface area contributed by atoms with Gasteiger partial charge in [0.15, 0.2) is 11.5 Å². The van der Waals surface area contributed by atoms with Gasteiger partial charge in [-0.1, -0.05) is 54.1 Å². The van der Waals surface area contributed by atoms with Gasteiger partial charge in [0.25, 0.3) is 0 Å². The van der Waals surface area contributed by atoms with E-state index in [1.54, 1.807) is 18.9 Å². The number of methoxy groups -OCH3 is 2. The Labute approximate surface area is 316 Å². The normalized spacial score (nSPS) is 21.1. The van der Waals surface area contributed by atoms with Crippen LogP contribution >= 0.6 is 11.6 Å². The van der Waals surface area contributed by atoms with Gasteiger partial charge < -0.3 is 25.0 Å². The molecular weight excluding hydrogens is 725 g/mol. The topological polar surface area (TPSA) is 133 Å². The SMILES string of the molecule is COc1nc(-c2cccc(-c3cccc4c3CC[C@@H]4Nc3nc(OC)c(CN4CC[C@@](C)(C(=O)O)C4)nc3C(F)(F)F)c2Cl)ccc1CN1CC(C)(O)C1. The highest BCUT2D eigenvalue weighted by Gasteiger charge is 2.43. The third-order valence-corrected chi connectivity index (χ3v) is 11.0. The Kier molecular flexibility index (Phi) is 10.0. The van der Waals surface area contributed by atoms with Gasteiger partial charge in [0.2, 0.25) is 11.8 Å². The van der Waals surface area contributed by atoms with Crippen molar-refractivity contribution in [2.75, 3.05) is 45.7 Å². The van der Waals surface area contributed by atoms with Crippen molar-refractivity contribution in [3.05, 3.63) is 81.6 Å². The number of carboxylic acid groups (broad SMARTS) is 1. The van der Waals surface area contributed by atoms with Gasteiger partial charge in [0.05, 0.1) is 42.0 Å². The number of carboxylic acids is 1. The van der Waals surface area contributed by atoms with Crippen molar-refractivity contribution >= 4 is 23.4 Å². The van der Waals surface area contributed by atoms with E-state index < -0.39 is 40.7 Å². The number of ether oxygens (including phenoxy) is 2. The lowest BCUT2D eigenvalue weighted by atomic mass is 9.90. The van der Waals surface area contributed by atoms with Gasteiger partial charge in [-0.25, -0.2) is 9.97 Å². The number of aliphatic carboxylic acids is 1. The first-order valence-electron chi connectivity index (χ1n) is 17.7. The van der Waals surface area contributed by atoms with E-state index in [1.807, 2.05) is 55.5 Å². The maximum Gasteiger partial charge on any atom is 0.437 e. The van der Waals surface area contributed by atoms with E-state index in [-0.39, 0.29) is 24.7 Å². The smallest absolute Gasteiger partial charge is 0.437 e. The quantitative estimate of drug-likeness (QED) is 0.148. The molecule has 4 heterocycles. The van der Waals surface area contributed by atoms with Gasteiger partial charge in [0, 0.05) is 49.4 Å². The number of halogens is 4. The summed E-state index contributed by atoms with van der Waals surface area (Å²) in [6.07, 6.45) is -3.37. The number of hydrogen-bond acceptors (Lipinski definition) is 10. The zero-order valence-electron chi connectivity index (χ0n) is 30.4. The Morgan fingerprint density at radius 1 is 0.944 bits per heavy atom. The largest absolute Gasteiger partial charge is 0.481 e. The van der Waals surface area contributed by atoms with E-state index in [4.69, 9.17) is 26.1 Å². The molecular formula is C39H42ClF3N6O5. The predicted molar refractivity (Wildman–Crippen MR) is 196 cm³/mol. The molecule has 2 atom stereocenters. The maximum absolute atomic E-state index is 14.5. The zero-order chi connectivity index (χ0) is 38.6. The Morgan fingerprint density at radius 3 is 2.31 bits per heavy atom. The molecule has 0 radical (unpaired) electrons. The van der Waals surface area contributed by atoms with Crippen molar-refractivity contribution in [2.45, 2.75) is 64.0 Å². The van der Waals surface area contributed by atoms with Gasteiger partial charge in [-0.15, -0.1) is 0 Å². The van der Waals surface area contributed by atoms with Gasteiger partial charge in [-0.2, -0.15) is 18.2 Å². The van der Waals surface area contributed by atoms with Crippen LogP contribution in [0.3, 0.4) is 0 Å². The number of hydrogen-bond donors (Lipinski definition) is 3. The molecule has 2 saturated heterocycles. The lowest BCUT2D eigenvalue weighted by molar-refractivity contribution is -0.147. The van der Waals surface area contributed by atoms with Crippen LogP contribution in [-0.2, 0) is 30.5 Å². The van der Waals surface area contributed by atoms with Gasteiger partial charge >= 0.3 is 12.1 Å². The first-order chi connectivity index (χ1) is 25.6. The average Bonchev–Trinajstić information content (AvgIpc) is 3.71. The van der Waals surface area contributed by atoms with E-state index in [0.717, 1.165) is 27.8 Å². The molecule has 0 unspecified atom stereocenters. The second-order valence-electron chi connectivity index (χ2n) is 15.0. The van der Waals surface area contributed by atoms with Gasteiger partial charge in [0.1, 0.15) is 5.69 Å². The summed E-state index contributed by atoms with van der Waals surface area (Å²) < 4.78 is 54.7. The number of carbonyl (C=O) groups is 1. The Hall–Kier alpha value is -4.50. The lowest BCUT2D eigenvalue weighted by Crippen LogP contribution is -2.59. The van der Waals surface area contributed by atoms with Crippen molar-refractivity contribution in [1.82, 2.24) is 24.8 Å². The summed E-state index contributed by atoms with van der Waals surface area (Å²) >= 11 is 7.12. The van der Waals surface area contributed by atoms with E-state index in [0.29, 0.717) is 67.6 Å². The van der Waals surface area contributed by atoms with Gasteiger partial charge in [-0.3, -0.25) is 14.6 Å².